The van der Waals surface area contributed by atoms with Gasteiger partial charge in [0.1, 0.15) is 17.2 Å². The molecule has 1 unspecified atom stereocenters. The summed E-state index contributed by atoms with van der Waals surface area (Å²) >= 11 is 3.33. The second kappa shape index (κ2) is 5.34. The van der Waals surface area contributed by atoms with Gasteiger partial charge >= 0.3 is 0 Å². The smallest absolute Gasteiger partial charge is 0.260 e. The zero-order chi connectivity index (χ0) is 13.3. The summed E-state index contributed by atoms with van der Waals surface area (Å²) in [5, 5.41) is 0.633. The number of likely N-dealkylation sites (tertiary alicyclic amines) is 1. The quantitative estimate of drug-likeness (QED) is 0.767. The van der Waals surface area contributed by atoms with Gasteiger partial charge < -0.3 is 4.90 Å². The molecule has 5 heteroatoms. The Hall–Kier alpha value is -0.970. The lowest BCUT2D eigenvalue weighted by Gasteiger charge is -2.23. The third kappa shape index (κ3) is 2.28. The van der Waals surface area contributed by atoms with Crippen LogP contribution in [0.3, 0.4) is 0 Å². The molecule has 1 aromatic carbocycles. The van der Waals surface area contributed by atoms with Crippen molar-refractivity contribution in [3.05, 3.63) is 34.9 Å². The van der Waals surface area contributed by atoms with Crippen LogP contribution in [0.4, 0.5) is 8.78 Å². The van der Waals surface area contributed by atoms with Gasteiger partial charge in [0.15, 0.2) is 0 Å². The maximum atomic E-state index is 13.9. The average Bonchev–Trinajstić information content (AvgIpc) is 2.82. The lowest BCUT2D eigenvalue weighted by atomic mass is 10.1. The third-order valence-corrected chi connectivity index (χ3v) is 4.06. The van der Waals surface area contributed by atoms with Crippen LogP contribution in [0.25, 0.3) is 0 Å². The first-order chi connectivity index (χ1) is 8.56. The molecule has 1 fully saturated rings. The van der Waals surface area contributed by atoms with Gasteiger partial charge in [-0.15, -0.1) is 0 Å². The van der Waals surface area contributed by atoms with Crippen LogP contribution in [0.5, 0.6) is 0 Å². The molecule has 0 spiro atoms. The normalized spacial score (nSPS) is 19.3. The van der Waals surface area contributed by atoms with E-state index in [0.717, 1.165) is 18.9 Å². The van der Waals surface area contributed by atoms with Crippen molar-refractivity contribution in [1.82, 2.24) is 4.90 Å². The number of hydrogen-bond donors (Lipinski definition) is 0. The van der Waals surface area contributed by atoms with Crippen LogP contribution < -0.4 is 0 Å². The summed E-state index contributed by atoms with van der Waals surface area (Å²) < 4.78 is 27.6. The molecular weight excluding hydrogens is 304 g/mol. The molecule has 2 nitrogen and oxygen atoms in total. The summed E-state index contributed by atoms with van der Waals surface area (Å²) in [6, 6.07) is 2.51. The van der Waals surface area contributed by atoms with E-state index in [2.05, 4.69) is 15.9 Å². The van der Waals surface area contributed by atoms with Crippen LogP contribution >= 0.6 is 15.9 Å². The summed E-state index contributed by atoms with van der Waals surface area (Å²) in [5.41, 5.74) is -0.141. The molecule has 1 heterocycles. The van der Waals surface area contributed by atoms with E-state index in [1.54, 1.807) is 4.90 Å². The molecule has 98 valence electrons. The average molecular weight is 318 g/mol. The lowest BCUT2D eigenvalue weighted by Crippen LogP contribution is -2.37. The molecule has 1 saturated heterocycles. The van der Waals surface area contributed by atoms with Gasteiger partial charge in [0.2, 0.25) is 0 Å². The van der Waals surface area contributed by atoms with Gasteiger partial charge in [-0.1, -0.05) is 22.0 Å². The molecule has 0 aliphatic carbocycles. The number of carbonyl (C=O) groups is 1. The molecule has 1 amide bonds. The molecule has 2 rings (SSSR count). The van der Waals surface area contributed by atoms with Crippen LogP contribution in [-0.2, 0) is 0 Å². The summed E-state index contributed by atoms with van der Waals surface area (Å²) in [6.45, 7) is 2.08. The van der Waals surface area contributed by atoms with Gasteiger partial charge in [0.05, 0.1) is 0 Å². The first kappa shape index (κ1) is 13.5. The SMILES string of the molecule is Cc1ccc(F)c(C(=O)N2CCCC2CBr)c1F. The number of carbonyl (C=O) groups excluding carboxylic acids is 1. The summed E-state index contributed by atoms with van der Waals surface area (Å²) in [4.78, 5) is 13.8. The zero-order valence-corrected chi connectivity index (χ0v) is 11.6. The van der Waals surface area contributed by atoms with E-state index >= 15 is 0 Å². The Morgan fingerprint density at radius 3 is 2.89 bits per heavy atom. The van der Waals surface area contributed by atoms with E-state index < -0.39 is 23.1 Å². The highest BCUT2D eigenvalue weighted by Crippen LogP contribution is 2.25. The second-order valence-corrected chi connectivity index (χ2v) is 5.15. The Labute approximate surface area is 113 Å². The van der Waals surface area contributed by atoms with Gasteiger partial charge in [0.25, 0.3) is 5.91 Å². The molecule has 1 aromatic rings. The minimum Gasteiger partial charge on any atom is -0.335 e. The number of halogens is 3. The molecule has 0 saturated carbocycles. The highest BCUT2D eigenvalue weighted by Gasteiger charge is 2.32. The zero-order valence-electron chi connectivity index (χ0n) is 10.0. The fourth-order valence-corrected chi connectivity index (χ4v) is 2.93. The number of amides is 1. The lowest BCUT2D eigenvalue weighted by molar-refractivity contribution is 0.0740. The topological polar surface area (TPSA) is 20.3 Å². The first-order valence-corrected chi connectivity index (χ1v) is 7.00. The fraction of sp³-hybridized carbons (Fsp3) is 0.462. The molecule has 1 aliphatic heterocycles. The van der Waals surface area contributed by atoms with E-state index in [1.807, 2.05) is 0 Å². The van der Waals surface area contributed by atoms with Crippen molar-refractivity contribution in [2.75, 3.05) is 11.9 Å². The van der Waals surface area contributed by atoms with E-state index in [0.29, 0.717) is 11.9 Å². The van der Waals surface area contributed by atoms with E-state index in [-0.39, 0.29) is 11.6 Å². The number of aryl methyl sites for hydroxylation is 1. The first-order valence-electron chi connectivity index (χ1n) is 5.87. The van der Waals surface area contributed by atoms with E-state index in [9.17, 15) is 13.6 Å². The van der Waals surface area contributed by atoms with Gasteiger partial charge in [-0.25, -0.2) is 8.78 Å². The van der Waals surface area contributed by atoms with Crippen molar-refractivity contribution >= 4 is 21.8 Å². The second-order valence-electron chi connectivity index (χ2n) is 4.50. The van der Waals surface area contributed by atoms with Crippen molar-refractivity contribution in [3.8, 4) is 0 Å². The van der Waals surface area contributed by atoms with Crippen LogP contribution in [0.15, 0.2) is 12.1 Å². The fourth-order valence-electron chi connectivity index (χ4n) is 2.26. The Balaban J connectivity index is 2.37. The minimum atomic E-state index is -0.789. The standard InChI is InChI=1S/C13H14BrF2NO/c1-8-4-5-10(15)11(12(8)16)13(18)17-6-2-3-9(17)7-14/h4-5,9H,2-3,6-7H2,1H3. The predicted octanol–water partition coefficient (Wildman–Crippen LogP) is 3.27. The van der Waals surface area contributed by atoms with E-state index in [4.69, 9.17) is 0 Å². The Morgan fingerprint density at radius 2 is 2.22 bits per heavy atom. The van der Waals surface area contributed by atoms with Crippen molar-refractivity contribution in [1.29, 1.82) is 0 Å². The Morgan fingerprint density at radius 1 is 1.50 bits per heavy atom. The number of alkyl halides is 1. The molecule has 18 heavy (non-hydrogen) atoms. The summed E-state index contributed by atoms with van der Waals surface area (Å²) in [7, 11) is 0. The minimum absolute atomic E-state index is 0.0248. The molecule has 0 radical (unpaired) electrons. The molecule has 0 aromatic heterocycles. The van der Waals surface area contributed by atoms with Crippen molar-refractivity contribution in [3.63, 3.8) is 0 Å². The largest absolute Gasteiger partial charge is 0.335 e. The van der Waals surface area contributed by atoms with Crippen LogP contribution in [0, 0.1) is 18.6 Å². The van der Waals surface area contributed by atoms with Crippen LogP contribution in [-0.4, -0.2) is 28.7 Å². The predicted molar refractivity (Wildman–Crippen MR) is 68.9 cm³/mol. The highest BCUT2D eigenvalue weighted by molar-refractivity contribution is 9.09. The van der Waals surface area contributed by atoms with E-state index in [1.165, 1.54) is 13.0 Å². The van der Waals surface area contributed by atoms with Crippen molar-refractivity contribution < 1.29 is 13.6 Å². The number of nitrogens with zero attached hydrogens (tertiary/aromatic N) is 1. The molecular formula is C13H14BrF2NO. The number of rotatable bonds is 2. The Kier molecular flexibility index (Phi) is 4.00. The maximum Gasteiger partial charge on any atom is 0.260 e. The molecule has 1 atom stereocenters. The summed E-state index contributed by atoms with van der Waals surface area (Å²) in [5.74, 6) is -2.08. The maximum absolute atomic E-state index is 13.9. The van der Waals surface area contributed by atoms with Crippen molar-refractivity contribution in [2.24, 2.45) is 0 Å². The van der Waals surface area contributed by atoms with Gasteiger partial charge in [-0.2, -0.15) is 0 Å². The number of benzene rings is 1. The number of hydrogen-bond acceptors (Lipinski definition) is 1. The van der Waals surface area contributed by atoms with Gasteiger partial charge in [0, 0.05) is 17.9 Å². The van der Waals surface area contributed by atoms with Gasteiger partial charge in [-0.3, -0.25) is 4.79 Å². The Bertz CT molecular complexity index is 478. The monoisotopic (exact) mass is 317 g/mol. The van der Waals surface area contributed by atoms with Gasteiger partial charge in [-0.05, 0) is 31.4 Å². The summed E-state index contributed by atoms with van der Waals surface area (Å²) in [6.07, 6.45) is 1.74. The molecule has 0 bridgehead atoms. The third-order valence-electron chi connectivity index (χ3n) is 3.31. The van der Waals surface area contributed by atoms with Crippen molar-refractivity contribution in [2.45, 2.75) is 25.8 Å². The highest BCUT2D eigenvalue weighted by atomic mass is 79.9. The molecule has 0 N–H and O–H groups in total. The molecule has 1 aliphatic rings. The van der Waals surface area contributed by atoms with Crippen LogP contribution in [0.2, 0.25) is 0 Å². The van der Waals surface area contributed by atoms with Crippen LogP contribution in [0.1, 0.15) is 28.8 Å².